The zero-order valence-electron chi connectivity index (χ0n) is 8.95. The Kier molecular flexibility index (Phi) is 2.09. The van der Waals surface area contributed by atoms with Gasteiger partial charge in [-0.3, -0.25) is 4.79 Å². The van der Waals surface area contributed by atoms with Crippen molar-refractivity contribution < 1.29 is 9.53 Å². The van der Waals surface area contributed by atoms with Gasteiger partial charge in [0.2, 0.25) is 0 Å². The molecule has 1 aliphatic carbocycles. The summed E-state index contributed by atoms with van der Waals surface area (Å²) in [6.07, 6.45) is 10.5. The fourth-order valence-electron chi connectivity index (χ4n) is 3.15. The van der Waals surface area contributed by atoms with Crippen molar-refractivity contribution in [2.75, 3.05) is 6.61 Å². The highest BCUT2D eigenvalue weighted by atomic mass is 16.5. The lowest BCUT2D eigenvalue weighted by Crippen LogP contribution is -2.57. The number of hydrogen-bond donors (Lipinski definition) is 0. The Bertz CT molecular complexity index is 299. The average molecular weight is 207 g/mol. The Morgan fingerprint density at radius 1 is 1.33 bits per heavy atom. The second-order valence-corrected chi connectivity index (χ2v) is 4.79. The summed E-state index contributed by atoms with van der Waals surface area (Å²) in [4.78, 5) is 13.8. The first kappa shape index (κ1) is 9.40. The van der Waals surface area contributed by atoms with Crippen molar-refractivity contribution in [1.82, 2.24) is 4.90 Å². The smallest absolute Gasteiger partial charge is 0.179 e. The molecule has 15 heavy (non-hydrogen) atoms. The molecular formula is C12H17NO2. The van der Waals surface area contributed by atoms with E-state index >= 15 is 0 Å². The molecule has 0 radical (unpaired) electrons. The van der Waals surface area contributed by atoms with Crippen molar-refractivity contribution in [3.05, 3.63) is 12.3 Å². The highest BCUT2D eigenvalue weighted by Crippen LogP contribution is 2.41. The molecule has 3 heteroatoms. The van der Waals surface area contributed by atoms with Crippen LogP contribution in [-0.4, -0.2) is 29.1 Å². The van der Waals surface area contributed by atoms with Gasteiger partial charge in [-0.15, -0.1) is 0 Å². The van der Waals surface area contributed by atoms with Gasteiger partial charge in [0.15, 0.2) is 5.78 Å². The van der Waals surface area contributed by atoms with E-state index in [1.165, 1.54) is 19.3 Å². The van der Waals surface area contributed by atoms with Crippen LogP contribution in [0.3, 0.4) is 0 Å². The molecule has 1 saturated heterocycles. The number of carbonyl (C=O) groups is 1. The minimum Gasteiger partial charge on any atom is -0.356 e. The molecule has 3 aliphatic rings. The molecule has 0 aromatic rings. The highest BCUT2D eigenvalue weighted by molar-refractivity contribution is 5.96. The Hall–Kier alpha value is -0.830. The van der Waals surface area contributed by atoms with E-state index in [-0.39, 0.29) is 17.6 Å². The Morgan fingerprint density at radius 2 is 2.13 bits per heavy atom. The molecule has 2 fully saturated rings. The maximum Gasteiger partial charge on any atom is 0.179 e. The van der Waals surface area contributed by atoms with E-state index in [1.54, 1.807) is 6.08 Å². The lowest BCUT2D eigenvalue weighted by molar-refractivity contribution is -0.199. The minimum absolute atomic E-state index is 0.0804. The summed E-state index contributed by atoms with van der Waals surface area (Å²) in [6, 6.07) is 0.0804. The predicted molar refractivity (Wildman–Crippen MR) is 56.2 cm³/mol. The second-order valence-electron chi connectivity index (χ2n) is 4.79. The van der Waals surface area contributed by atoms with Crippen molar-refractivity contribution in [3.63, 3.8) is 0 Å². The molecule has 2 heterocycles. The predicted octanol–water partition coefficient (Wildman–Crippen LogP) is 1.83. The molecule has 0 N–H and O–H groups in total. The van der Waals surface area contributed by atoms with Gasteiger partial charge in [0.1, 0.15) is 5.72 Å². The van der Waals surface area contributed by atoms with Crippen LogP contribution in [0.4, 0.5) is 0 Å². The summed E-state index contributed by atoms with van der Waals surface area (Å²) < 4.78 is 5.99. The van der Waals surface area contributed by atoms with E-state index in [2.05, 4.69) is 4.90 Å². The second kappa shape index (κ2) is 3.34. The fraction of sp³-hybridized carbons (Fsp3) is 0.750. The van der Waals surface area contributed by atoms with Crippen LogP contribution >= 0.6 is 0 Å². The third-order valence-corrected chi connectivity index (χ3v) is 3.93. The molecular weight excluding hydrogens is 190 g/mol. The summed E-state index contributed by atoms with van der Waals surface area (Å²) in [5.74, 6) is 0.267. The number of hydrogen-bond acceptors (Lipinski definition) is 3. The first-order chi connectivity index (χ1) is 7.32. The molecule has 1 unspecified atom stereocenters. The van der Waals surface area contributed by atoms with Gasteiger partial charge in [0.05, 0.1) is 12.6 Å². The van der Waals surface area contributed by atoms with E-state index < -0.39 is 0 Å². The first-order valence-corrected chi connectivity index (χ1v) is 5.96. The number of nitrogens with zero attached hydrogens (tertiary/aromatic N) is 1. The van der Waals surface area contributed by atoms with Gasteiger partial charge >= 0.3 is 0 Å². The number of ether oxygens (including phenoxy) is 1. The number of fused-ring (bicyclic) bond motifs is 2. The van der Waals surface area contributed by atoms with Gasteiger partial charge in [-0.1, -0.05) is 6.42 Å². The van der Waals surface area contributed by atoms with Crippen molar-refractivity contribution in [2.45, 2.75) is 50.3 Å². The van der Waals surface area contributed by atoms with E-state index in [1.807, 2.05) is 6.20 Å². The third-order valence-electron chi connectivity index (χ3n) is 3.93. The lowest BCUT2D eigenvalue weighted by Gasteiger charge is -2.50. The summed E-state index contributed by atoms with van der Waals surface area (Å²) >= 11 is 0. The average Bonchev–Trinajstić information content (AvgIpc) is 2.64. The SMILES string of the molecule is O=C1C=CN2C1CCOC21CCCCC1. The van der Waals surface area contributed by atoms with Crippen LogP contribution in [0.5, 0.6) is 0 Å². The number of rotatable bonds is 0. The van der Waals surface area contributed by atoms with Crippen molar-refractivity contribution in [1.29, 1.82) is 0 Å². The van der Waals surface area contributed by atoms with E-state index in [0.717, 1.165) is 25.9 Å². The molecule has 0 bridgehead atoms. The molecule has 3 rings (SSSR count). The maximum atomic E-state index is 11.7. The molecule has 2 aliphatic heterocycles. The van der Waals surface area contributed by atoms with E-state index in [0.29, 0.717) is 0 Å². The first-order valence-electron chi connectivity index (χ1n) is 5.96. The van der Waals surface area contributed by atoms with Crippen LogP contribution in [0, 0.1) is 0 Å². The standard InChI is InChI=1S/C12H17NO2/c14-11-4-8-13-10(11)5-9-15-12(13)6-2-1-3-7-12/h4,8,10H,1-3,5-7,9H2. The van der Waals surface area contributed by atoms with Crippen LogP contribution < -0.4 is 0 Å². The maximum absolute atomic E-state index is 11.7. The molecule has 1 spiro atoms. The largest absolute Gasteiger partial charge is 0.356 e. The summed E-state index contributed by atoms with van der Waals surface area (Å²) in [6.45, 7) is 0.745. The molecule has 82 valence electrons. The quantitative estimate of drug-likeness (QED) is 0.607. The van der Waals surface area contributed by atoms with Crippen LogP contribution in [0.25, 0.3) is 0 Å². The molecule has 1 atom stereocenters. The van der Waals surface area contributed by atoms with Gasteiger partial charge in [-0.25, -0.2) is 0 Å². The minimum atomic E-state index is -0.135. The molecule has 1 saturated carbocycles. The Labute approximate surface area is 90.1 Å². The topological polar surface area (TPSA) is 29.5 Å². The molecule has 0 aromatic carbocycles. The van der Waals surface area contributed by atoms with Crippen molar-refractivity contribution >= 4 is 5.78 Å². The third kappa shape index (κ3) is 1.33. The van der Waals surface area contributed by atoms with Crippen molar-refractivity contribution in [2.24, 2.45) is 0 Å². The van der Waals surface area contributed by atoms with Crippen molar-refractivity contribution in [3.8, 4) is 0 Å². The van der Waals surface area contributed by atoms with E-state index in [9.17, 15) is 4.79 Å². The van der Waals surface area contributed by atoms with Gasteiger partial charge < -0.3 is 9.64 Å². The van der Waals surface area contributed by atoms with Gasteiger partial charge in [0, 0.05) is 6.20 Å². The molecule has 0 aromatic heterocycles. The van der Waals surface area contributed by atoms with Crippen LogP contribution in [0.15, 0.2) is 12.3 Å². The number of carbonyl (C=O) groups excluding carboxylic acids is 1. The fourth-order valence-corrected chi connectivity index (χ4v) is 3.15. The van der Waals surface area contributed by atoms with Crippen LogP contribution in [-0.2, 0) is 9.53 Å². The monoisotopic (exact) mass is 207 g/mol. The molecule has 0 amide bonds. The van der Waals surface area contributed by atoms with Gasteiger partial charge in [-0.2, -0.15) is 0 Å². The highest BCUT2D eigenvalue weighted by Gasteiger charge is 2.47. The normalized spacial score (nSPS) is 33.5. The van der Waals surface area contributed by atoms with E-state index in [4.69, 9.17) is 4.74 Å². The Balaban J connectivity index is 1.88. The Morgan fingerprint density at radius 3 is 2.93 bits per heavy atom. The van der Waals surface area contributed by atoms with Crippen LogP contribution in [0.2, 0.25) is 0 Å². The summed E-state index contributed by atoms with van der Waals surface area (Å²) in [5.41, 5.74) is -0.135. The van der Waals surface area contributed by atoms with Gasteiger partial charge in [-0.05, 0) is 38.2 Å². The number of ketones is 1. The zero-order chi connectivity index (χ0) is 10.3. The molecule has 3 nitrogen and oxygen atoms in total. The zero-order valence-corrected chi connectivity index (χ0v) is 8.95. The van der Waals surface area contributed by atoms with Gasteiger partial charge in [0.25, 0.3) is 0 Å². The summed E-state index contributed by atoms with van der Waals surface area (Å²) in [7, 11) is 0. The summed E-state index contributed by atoms with van der Waals surface area (Å²) in [5, 5.41) is 0. The van der Waals surface area contributed by atoms with Crippen LogP contribution in [0.1, 0.15) is 38.5 Å². The lowest BCUT2D eigenvalue weighted by atomic mass is 9.88.